The van der Waals surface area contributed by atoms with Crippen LogP contribution < -0.4 is 10.5 Å². The van der Waals surface area contributed by atoms with Crippen molar-refractivity contribution in [2.24, 2.45) is 5.73 Å². The Kier molecular flexibility index (Phi) is 6.45. The Morgan fingerprint density at radius 3 is 2.70 bits per heavy atom. The zero-order chi connectivity index (χ0) is 15.1. The Hall–Kier alpha value is -1.62. The van der Waals surface area contributed by atoms with Crippen LogP contribution >= 0.6 is 12.2 Å². The quantitative estimate of drug-likeness (QED) is 0.785. The first-order chi connectivity index (χ1) is 9.43. The highest BCUT2D eigenvalue weighted by Gasteiger charge is 2.15. The predicted molar refractivity (Wildman–Crippen MR) is 85.2 cm³/mol. The van der Waals surface area contributed by atoms with E-state index >= 15 is 0 Å². The number of carbonyl (C=O) groups excluding carboxylic acids is 1. The third kappa shape index (κ3) is 5.17. The number of hydrogen-bond acceptors (Lipinski definition) is 3. The summed E-state index contributed by atoms with van der Waals surface area (Å²) in [6.45, 7) is 7.01. The number of nitrogens with two attached hydrogens (primary N) is 1. The average Bonchev–Trinajstić information content (AvgIpc) is 2.38. The number of amides is 1. The molecule has 2 N–H and O–H groups in total. The van der Waals surface area contributed by atoms with Crippen molar-refractivity contribution in [1.82, 2.24) is 4.90 Å². The summed E-state index contributed by atoms with van der Waals surface area (Å²) in [5.74, 6) is 0.675. The third-order valence-electron chi connectivity index (χ3n) is 2.75. The molecule has 0 unspecified atom stereocenters. The largest absolute Gasteiger partial charge is 0.491 e. The molecule has 0 bridgehead atoms. The normalized spacial score (nSPS) is 10.4. The molecule has 0 aliphatic heterocycles. The van der Waals surface area contributed by atoms with Gasteiger partial charge in [0.2, 0.25) is 0 Å². The molecule has 0 spiro atoms. The molecule has 1 rings (SSSR count). The summed E-state index contributed by atoms with van der Waals surface area (Å²) < 4.78 is 5.61. The fourth-order valence-electron chi connectivity index (χ4n) is 1.81. The maximum absolute atomic E-state index is 12.4. The molecule has 0 atom stereocenters. The Morgan fingerprint density at radius 1 is 1.45 bits per heavy atom. The number of ether oxygens (including phenoxy) is 1. The van der Waals surface area contributed by atoms with Gasteiger partial charge in [-0.05, 0) is 39.0 Å². The second-order valence-corrected chi connectivity index (χ2v) is 5.32. The minimum atomic E-state index is -0.0297. The number of rotatable bonds is 7. The van der Waals surface area contributed by atoms with E-state index < -0.39 is 0 Å². The molecule has 1 amide bonds. The van der Waals surface area contributed by atoms with Gasteiger partial charge in [-0.1, -0.05) is 18.3 Å². The van der Waals surface area contributed by atoms with Crippen LogP contribution in [0.5, 0.6) is 5.75 Å². The van der Waals surface area contributed by atoms with Gasteiger partial charge in [0.15, 0.2) is 0 Å². The van der Waals surface area contributed by atoms with E-state index in [-0.39, 0.29) is 12.0 Å². The van der Waals surface area contributed by atoms with Crippen molar-refractivity contribution in [3.05, 3.63) is 29.8 Å². The van der Waals surface area contributed by atoms with Gasteiger partial charge in [-0.2, -0.15) is 0 Å². The highest BCUT2D eigenvalue weighted by molar-refractivity contribution is 7.80. The molecule has 0 aromatic heterocycles. The molecule has 0 saturated heterocycles. The molecular formula is C15H22N2O2S. The lowest BCUT2D eigenvalue weighted by Gasteiger charge is -2.21. The molecule has 20 heavy (non-hydrogen) atoms. The van der Waals surface area contributed by atoms with Crippen molar-refractivity contribution < 1.29 is 9.53 Å². The Morgan fingerprint density at radius 2 is 2.15 bits per heavy atom. The standard InChI is InChI=1S/C15H22N2O2S/c1-4-17(9-8-14(16)20)15(18)12-6-5-7-13(10-12)19-11(2)3/h5-7,10-11H,4,8-9H2,1-3H3,(H2,16,20). The van der Waals surface area contributed by atoms with E-state index in [9.17, 15) is 4.79 Å². The SMILES string of the molecule is CCN(CCC(N)=S)C(=O)c1cccc(OC(C)C)c1. The second-order valence-electron chi connectivity index (χ2n) is 4.80. The van der Waals surface area contributed by atoms with E-state index in [1.165, 1.54) is 0 Å². The van der Waals surface area contributed by atoms with Gasteiger partial charge >= 0.3 is 0 Å². The van der Waals surface area contributed by atoms with E-state index in [2.05, 4.69) is 0 Å². The Labute approximate surface area is 125 Å². The van der Waals surface area contributed by atoms with Crippen molar-refractivity contribution in [1.29, 1.82) is 0 Å². The molecular weight excluding hydrogens is 272 g/mol. The summed E-state index contributed by atoms with van der Waals surface area (Å²) in [5.41, 5.74) is 6.11. The number of nitrogens with zero attached hydrogens (tertiary/aromatic N) is 1. The molecule has 0 saturated carbocycles. The topological polar surface area (TPSA) is 55.6 Å². The fraction of sp³-hybridized carbons (Fsp3) is 0.467. The summed E-state index contributed by atoms with van der Waals surface area (Å²) in [6, 6.07) is 7.24. The molecule has 0 aliphatic carbocycles. The summed E-state index contributed by atoms with van der Waals surface area (Å²) in [6.07, 6.45) is 0.620. The number of hydrogen-bond donors (Lipinski definition) is 1. The molecule has 0 heterocycles. The first kappa shape index (κ1) is 16.4. The van der Waals surface area contributed by atoms with Crippen LogP contribution in [-0.2, 0) is 0 Å². The van der Waals surface area contributed by atoms with Crippen LogP contribution in [0.15, 0.2) is 24.3 Å². The first-order valence-corrected chi connectivity index (χ1v) is 7.19. The Bertz CT molecular complexity index is 475. The van der Waals surface area contributed by atoms with Crippen LogP contribution in [0.1, 0.15) is 37.6 Å². The van der Waals surface area contributed by atoms with Crippen LogP contribution in [0.4, 0.5) is 0 Å². The second kappa shape index (κ2) is 7.85. The Balaban J connectivity index is 2.81. The fourth-order valence-corrected chi connectivity index (χ4v) is 1.90. The van der Waals surface area contributed by atoms with Crippen molar-refractivity contribution in [2.45, 2.75) is 33.3 Å². The van der Waals surface area contributed by atoms with Gasteiger partial charge in [0, 0.05) is 25.1 Å². The molecule has 1 aromatic carbocycles. The van der Waals surface area contributed by atoms with Crippen LogP contribution in [0.25, 0.3) is 0 Å². The van der Waals surface area contributed by atoms with E-state index in [4.69, 9.17) is 22.7 Å². The van der Waals surface area contributed by atoms with Crippen LogP contribution in [-0.4, -0.2) is 35.0 Å². The maximum atomic E-state index is 12.4. The van der Waals surface area contributed by atoms with Gasteiger partial charge in [-0.3, -0.25) is 4.79 Å². The van der Waals surface area contributed by atoms with Crippen molar-refractivity contribution >= 4 is 23.1 Å². The summed E-state index contributed by atoms with van der Waals surface area (Å²) in [4.78, 5) is 14.6. The minimum absolute atomic E-state index is 0.0297. The van der Waals surface area contributed by atoms with Gasteiger partial charge in [-0.15, -0.1) is 0 Å². The summed E-state index contributed by atoms with van der Waals surface area (Å²) in [5, 5.41) is 0. The van der Waals surface area contributed by atoms with E-state index in [0.29, 0.717) is 35.8 Å². The number of carbonyl (C=O) groups is 1. The molecule has 0 fully saturated rings. The molecule has 0 radical (unpaired) electrons. The van der Waals surface area contributed by atoms with Crippen molar-refractivity contribution in [3.8, 4) is 5.75 Å². The van der Waals surface area contributed by atoms with E-state index in [0.717, 1.165) is 0 Å². The number of thiocarbonyl (C=S) groups is 1. The lowest BCUT2D eigenvalue weighted by Crippen LogP contribution is -2.33. The van der Waals surface area contributed by atoms with Crippen molar-refractivity contribution in [3.63, 3.8) is 0 Å². The van der Waals surface area contributed by atoms with Gasteiger partial charge in [0.25, 0.3) is 5.91 Å². The molecule has 0 aliphatic rings. The minimum Gasteiger partial charge on any atom is -0.491 e. The smallest absolute Gasteiger partial charge is 0.253 e. The lowest BCUT2D eigenvalue weighted by molar-refractivity contribution is 0.0768. The zero-order valence-electron chi connectivity index (χ0n) is 12.3. The monoisotopic (exact) mass is 294 g/mol. The molecule has 5 heteroatoms. The van der Waals surface area contributed by atoms with Crippen molar-refractivity contribution in [2.75, 3.05) is 13.1 Å². The van der Waals surface area contributed by atoms with Gasteiger partial charge in [0.1, 0.15) is 5.75 Å². The predicted octanol–water partition coefficient (Wildman–Crippen LogP) is 2.61. The highest BCUT2D eigenvalue weighted by Crippen LogP contribution is 2.16. The van der Waals surface area contributed by atoms with E-state index in [1.54, 1.807) is 17.0 Å². The van der Waals surface area contributed by atoms with E-state index in [1.807, 2.05) is 32.9 Å². The lowest BCUT2D eigenvalue weighted by atomic mass is 10.2. The molecule has 110 valence electrons. The van der Waals surface area contributed by atoms with Gasteiger partial charge in [0.05, 0.1) is 11.1 Å². The van der Waals surface area contributed by atoms with Gasteiger partial charge < -0.3 is 15.4 Å². The average molecular weight is 294 g/mol. The van der Waals surface area contributed by atoms with Crippen LogP contribution in [0, 0.1) is 0 Å². The first-order valence-electron chi connectivity index (χ1n) is 6.78. The summed E-state index contributed by atoms with van der Waals surface area (Å²) >= 11 is 4.85. The maximum Gasteiger partial charge on any atom is 0.253 e. The molecule has 4 nitrogen and oxygen atoms in total. The summed E-state index contributed by atoms with van der Waals surface area (Å²) in [7, 11) is 0. The highest BCUT2D eigenvalue weighted by atomic mass is 32.1. The van der Waals surface area contributed by atoms with Gasteiger partial charge in [-0.25, -0.2) is 0 Å². The van der Waals surface area contributed by atoms with Crippen LogP contribution in [0.2, 0.25) is 0 Å². The third-order valence-corrected chi connectivity index (χ3v) is 2.95. The van der Waals surface area contributed by atoms with Crippen LogP contribution in [0.3, 0.4) is 0 Å². The zero-order valence-corrected chi connectivity index (χ0v) is 13.1. The molecule has 1 aromatic rings. The number of benzene rings is 1.